The van der Waals surface area contributed by atoms with Crippen LogP contribution in [-0.2, 0) is 18.8 Å². The highest BCUT2D eigenvalue weighted by Gasteiger charge is 2.31. The molecule has 2 aromatic carbocycles. The molecule has 3 N–H and O–H groups in total. The topological polar surface area (TPSA) is 85.7 Å². The molecule has 1 aliphatic rings. The van der Waals surface area contributed by atoms with Crippen molar-refractivity contribution in [3.8, 4) is 0 Å². The quantitative estimate of drug-likeness (QED) is 0.432. The molecule has 0 radical (unpaired) electrons. The van der Waals surface area contributed by atoms with Crippen LogP contribution in [0.2, 0.25) is 0 Å². The lowest BCUT2D eigenvalue weighted by atomic mass is 10.0. The number of carbonyl (C=O) groups excluding carboxylic acids is 1. The van der Waals surface area contributed by atoms with Crippen molar-refractivity contribution in [2.45, 2.75) is 24.9 Å². The molecule has 1 amide bonds. The molecule has 0 saturated carbocycles. The fourth-order valence-electron chi connectivity index (χ4n) is 4.20. The van der Waals surface area contributed by atoms with Crippen LogP contribution < -0.4 is 10.2 Å². The molecule has 184 valence electrons. The molecule has 0 aliphatic carbocycles. The summed E-state index contributed by atoms with van der Waals surface area (Å²) in [5.41, 5.74) is 3.34. The molecule has 2 heterocycles. The van der Waals surface area contributed by atoms with E-state index in [0.717, 1.165) is 16.8 Å². The van der Waals surface area contributed by atoms with Crippen molar-refractivity contribution < 1.29 is 28.2 Å². The standard InChI is InChI=1S/C26H26F3N3O3/c27-16-26(28,29)19-4-1-3-17(12-19)11-18-7-9-30-24(13-18)32-10-8-21-22(5-2-6-23(21)32)25(35)31-14-20(34)15-33/h1-7,9,12-13,20,33-34H,8,10-11,14-16H2,(H,31,35)/t20-/m0/s1. The Morgan fingerprint density at radius 2 is 1.91 bits per heavy atom. The van der Waals surface area contributed by atoms with Crippen LogP contribution in [0.25, 0.3) is 0 Å². The Morgan fingerprint density at radius 1 is 1.14 bits per heavy atom. The van der Waals surface area contributed by atoms with Gasteiger partial charge in [0.2, 0.25) is 0 Å². The number of halogens is 3. The average molecular weight is 486 g/mol. The predicted molar refractivity (Wildman–Crippen MR) is 126 cm³/mol. The van der Waals surface area contributed by atoms with Crippen LogP contribution in [0.15, 0.2) is 60.8 Å². The largest absolute Gasteiger partial charge is 0.394 e. The number of amides is 1. The van der Waals surface area contributed by atoms with Crippen molar-refractivity contribution in [1.82, 2.24) is 10.3 Å². The number of aliphatic hydroxyl groups is 2. The van der Waals surface area contributed by atoms with Crippen molar-refractivity contribution in [3.63, 3.8) is 0 Å². The van der Waals surface area contributed by atoms with E-state index in [1.807, 2.05) is 17.0 Å². The average Bonchev–Trinajstić information content (AvgIpc) is 3.31. The fraction of sp³-hybridized carbons (Fsp3) is 0.308. The predicted octanol–water partition coefficient (Wildman–Crippen LogP) is 3.51. The molecule has 0 unspecified atom stereocenters. The van der Waals surface area contributed by atoms with E-state index in [4.69, 9.17) is 5.11 Å². The van der Waals surface area contributed by atoms with Gasteiger partial charge in [0, 0.05) is 36.1 Å². The lowest BCUT2D eigenvalue weighted by Gasteiger charge is -2.20. The second-order valence-corrected chi connectivity index (χ2v) is 8.49. The van der Waals surface area contributed by atoms with Crippen LogP contribution in [0.1, 0.15) is 32.6 Å². The molecule has 1 atom stereocenters. The summed E-state index contributed by atoms with van der Waals surface area (Å²) in [7, 11) is 0. The summed E-state index contributed by atoms with van der Waals surface area (Å²) in [6.07, 6.45) is 1.62. The van der Waals surface area contributed by atoms with Crippen LogP contribution in [0.4, 0.5) is 24.7 Å². The zero-order chi connectivity index (χ0) is 25.0. The molecule has 3 aromatic rings. The maximum Gasteiger partial charge on any atom is 0.301 e. The van der Waals surface area contributed by atoms with E-state index < -0.39 is 25.3 Å². The smallest absolute Gasteiger partial charge is 0.301 e. The Bertz CT molecular complexity index is 1210. The van der Waals surface area contributed by atoms with Gasteiger partial charge >= 0.3 is 5.92 Å². The number of anilines is 2. The molecule has 35 heavy (non-hydrogen) atoms. The summed E-state index contributed by atoms with van der Waals surface area (Å²) in [6.45, 7) is -1.63. The number of aromatic nitrogens is 1. The second-order valence-electron chi connectivity index (χ2n) is 8.49. The number of hydrogen-bond acceptors (Lipinski definition) is 5. The van der Waals surface area contributed by atoms with Crippen LogP contribution in [-0.4, -0.2) is 53.6 Å². The number of carbonyl (C=O) groups is 1. The monoisotopic (exact) mass is 485 g/mol. The van der Waals surface area contributed by atoms with Crippen LogP contribution in [0, 0.1) is 0 Å². The van der Waals surface area contributed by atoms with Gasteiger partial charge < -0.3 is 20.4 Å². The number of hydrogen-bond donors (Lipinski definition) is 3. The van der Waals surface area contributed by atoms with E-state index in [2.05, 4.69) is 10.3 Å². The summed E-state index contributed by atoms with van der Waals surface area (Å²) >= 11 is 0. The molecular weight excluding hydrogens is 459 g/mol. The van der Waals surface area contributed by atoms with Gasteiger partial charge in [0.1, 0.15) is 5.82 Å². The highest BCUT2D eigenvalue weighted by Crippen LogP contribution is 2.36. The van der Waals surface area contributed by atoms with Gasteiger partial charge in [0.15, 0.2) is 6.67 Å². The third-order valence-corrected chi connectivity index (χ3v) is 5.99. The van der Waals surface area contributed by atoms with E-state index in [1.54, 1.807) is 30.5 Å². The van der Waals surface area contributed by atoms with Crippen molar-refractivity contribution >= 4 is 17.4 Å². The van der Waals surface area contributed by atoms with Gasteiger partial charge in [-0.25, -0.2) is 9.37 Å². The van der Waals surface area contributed by atoms with Crippen molar-refractivity contribution in [2.24, 2.45) is 0 Å². The molecular formula is C26H26F3N3O3. The molecule has 0 bridgehead atoms. The first kappa shape index (κ1) is 24.7. The summed E-state index contributed by atoms with van der Waals surface area (Å²) in [4.78, 5) is 19.1. The molecule has 6 nitrogen and oxygen atoms in total. The minimum Gasteiger partial charge on any atom is -0.394 e. The molecule has 0 saturated heterocycles. The number of pyridine rings is 1. The second kappa shape index (κ2) is 10.5. The van der Waals surface area contributed by atoms with E-state index in [1.165, 1.54) is 18.2 Å². The Kier molecular flexibility index (Phi) is 7.37. The minimum atomic E-state index is -3.52. The molecule has 0 fully saturated rings. The number of fused-ring (bicyclic) bond motifs is 1. The summed E-state index contributed by atoms with van der Waals surface area (Å²) < 4.78 is 40.3. The highest BCUT2D eigenvalue weighted by atomic mass is 19.3. The van der Waals surface area contributed by atoms with Crippen LogP contribution in [0.5, 0.6) is 0 Å². The Hall–Kier alpha value is -3.43. The van der Waals surface area contributed by atoms with Crippen LogP contribution >= 0.6 is 0 Å². The van der Waals surface area contributed by atoms with Gasteiger partial charge in [-0.3, -0.25) is 4.79 Å². The zero-order valence-corrected chi connectivity index (χ0v) is 18.9. The van der Waals surface area contributed by atoms with Crippen molar-refractivity contribution in [2.75, 3.05) is 31.3 Å². The number of alkyl halides is 3. The van der Waals surface area contributed by atoms with E-state index in [0.29, 0.717) is 36.3 Å². The van der Waals surface area contributed by atoms with Gasteiger partial charge in [-0.05, 0) is 59.9 Å². The highest BCUT2D eigenvalue weighted by molar-refractivity contribution is 5.98. The van der Waals surface area contributed by atoms with Gasteiger partial charge in [-0.15, -0.1) is 0 Å². The van der Waals surface area contributed by atoms with E-state index in [9.17, 15) is 23.1 Å². The summed E-state index contributed by atoms with van der Waals surface area (Å²) in [6, 6.07) is 14.8. The van der Waals surface area contributed by atoms with Crippen molar-refractivity contribution in [1.29, 1.82) is 0 Å². The summed E-state index contributed by atoms with van der Waals surface area (Å²) in [5.74, 6) is -3.18. The maximum absolute atomic E-state index is 13.8. The first-order valence-electron chi connectivity index (χ1n) is 11.3. The minimum absolute atomic E-state index is 0.0508. The molecule has 4 rings (SSSR count). The Balaban J connectivity index is 1.54. The number of benzene rings is 2. The summed E-state index contributed by atoms with van der Waals surface area (Å²) in [5, 5.41) is 21.1. The fourth-order valence-corrected chi connectivity index (χ4v) is 4.20. The normalized spacial score (nSPS) is 14.0. The Morgan fingerprint density at radius 3 is 2.69 bits per heavy atom. The Labute approximate surface area is 201 Å². The zero-order valence-electron chi connectivity index (χ0n) is 18.9. The molecule has 1 aliphatic heterocycles. The SMILES string of the molecule is O=C(NC[C@H](O)CO)c1cccc2c1CCN2c1cc(Cc2cccc(C(F)(F)CF)c2)ccn1. The van der Waals surface area contributed by atoms with Gasteiger partial charge in [0.05, 0.1) is 12.7 Å². The lowest BCUT2D eigenvalue weighted by Crippen LogP contribution is -2.34. The third-order valence-electron chi connectivity index (χ3n) is 5.99. The first-order chi connectivity index (χ1) is 16.8. The van der Waals surface area contributed by atoms with Crippen molar-refractivity contribution in [3.05, 3.63) is 88.6 Å². The maximum atomic E-state index is 13.8. The number of nitrogens with one attached hydrogen (secondary N) is 1. The van der Waals surface area contributed by atoms with Gasteiger partial charge in [-0.1, -0.05) is 24.3 Å². The number of aliphatic hydroxyl groups excluding tert-OH is 2. The molecule has 9 heteroatoms. The number of rotatable bonds is 9. The third kappa shape index (κ3) is 5.47. The van der Waals surface area contributed by atoms with E-state index in [-0.39, 0.29) is 18.0 Å². The first-order valence-corrected chi connectivity index (χ1v) is 11.3. The van der Waals surface area contributed by atoms with Gasteiger partial charge in [0.25, 0.3) is 5.91 Å². The van der Waals surface area contributed by atoms with Gasteiger partial charge in [-0.2, -0.15) is 8.78 Å². The lowest BCUT2D eigenvalue weighted by molar-refractivity contribution is -0.0281. The number of nitrogens with zero attached hydrogens (tertiary/aromatic N) is 2. The molecule has 0 spiro atoms. The van der Waals surface area contributed by atoms with Crippen LogP contribution in [0.3, 0.4) is 0 Å². The molecule has 1 aromatic heterocycles. The van der Waals surface area contributed by atoms with E-state index >= 15 is 0 Å².